The molecule has 1 amide bonds. The molecule has 0 aliphatic carbocycles. The molecule has 0 radical (unpaired) electrons. The minimum atomic E-state index is 0.160. The summed E-state index contributed by atoms with van der Waals surface area (Å²) >= 11 is 0. The third kappa shape index (κ3) is 2.76. The SMILES string of the molecule is CCC(C(=O)NC)[N+]1(CC)CCCCCC1. The van der Waals surface area contributed by atoms with Gasteiger partial charge < -0.3 is 9.80 Å². The minimum Gasteiger partial charge on any atom is -0.354 e. The summed E-state index contributed by atoms with van der Waals surface area (Å²) in [6, 6.07) is 0.160. The highest BCUT2D eigenvalue weighted by molar-refractivity contribution is 5.80. The van der Waals surface area contributed by atoms with Crippen LogP contribution in [0.2, 0.25) is 0 Å². The van der Waals surface area contributed by atoms with Crippen LogP contribution in [0.25, 0.3) is 0 Å². The number of rotatable bonds is 4. The standard InChI is InChI=1S/C13H26N2O/c1-4-12(13(16)14-3)15(5-2)10-8-6-7-9-11-15/h12H,4-11H2,1-3H3/p+1. The number of hydrogen-bond donors (Lipinski definition) is 1. The Morgan fingerprint density at radius 1 is 1.19 bits per heavy atom. The molecular formula is C13H27N2O+. The summed E-state index contributed by atoms with van der Waals surface area (Å²) in [5, 5.41) is 2.84. The van der Waals surface area contributed by atoms with Crippen molar-refractivity contribution in [3.05, 3.63) is 0 Å². The zero-order valence-corrected chi connectivity index (χ0v) is 11.1. The van der Waals surface area contributed by atoms with E-state index in [4.69, 9.17) is 0 Å². The van der Waals surface area contributed by atoms with E-state index in [0.717, 1.165) is 17.4 Å². The first-order valence-electron chi connectivity index (χ1n) is 6.77. The fourth-order valence-electron chi connectivity index (χ4n) is 3.16. The first-order valence-corrected chi connectivity index (χ1v) is 6.77. The summed E-state index contributed by atoms with van der Waals surface area (Å²) in [5.41, 5.74) is 0. The van der Waals surface area contributed by atoms with Gasteiger partial charge in [-0.25, -0.2) is 0 Å². The van der Waals surface area contributed by atoms with E-state index in [9.17, 15) is 4.79 Å². The lowest BCUT2D eigenvalue weighted by Crippen LogP contribution is -2.60. The van der Waals surface area contributed by atoms with Gasteiger partial charge in [-0.05, 0) is 32.6 Å². The number of quaternary nitrogens is 1. The lowest BCUT2D eigenvalue weighted by molar-refractivity contribution is -0.940. The van der Waals surface area contributed by atoms with Crippen LogP contribution in [0.1, 0.15) is 46.0 Å². The van der Waals surface area contributed by atoms with E-state index in [0.29, 0.717) is 0 Å². The largest absolute Gasteiger partial charge is 0.354 e. The third-order valence-corrected chi connectivity index (χ3v) is 4.18. The van der Waals surface area contributed by atoms with Gasteiger partial charge in [0.2, 0.25) is 0 Å². The van der Waals surface area contributed by atoms with Gasteiger partial charge in [-0.3, -0.25) is 4.79 Å². The van der Waals surface area contributed by atoms with Crippen molar-refractivity contribution in [1.29, 1.82) is 0 Å². The summed E-state index contributed by atoms with van der Waals surface area (Å²) in [5.74, 6) is 0.228. The Balaban J connectivity index is 2.85. The number of nitrogens with one attached hydrogen (secondary N) is 1. The van der Waals surface area contributed by atoms with Crippen LogP contribution in [0.4, 0.5) is 0 Å². The van der Waals surface area contributed by atoms with Gasteiger partial charge in [-0.2, -0.15) is 0 Å². The monoisotopic (exact) mass is 227 g/mol. The normalized spacial score (nSPS) is 22.2. The molecule has 1 aliphatic heterocycles. The molecule has 94 valence electrons. The molecule has 1 unspecified atom stereocenters. The Morgan fingerprint density at radius 3 is 2.12 bits per heavy atom. The molecule has 0 saturated carbocycles. The fourth-order valence-corrected chi connectivity index (χ4v) is 3.16. The second-order valence-corrected chi connectivity index (χ2v) is 4.93. The number of amides is 1. The Hall–Kier alpha value is -0.570. The number of carbonyl (C=O) groups is 1. The second-order valence-electron chi connectivity index (χ2n) is 4.93. The molecule has 0 spiro atoms. The van der Waals surface area contributed by atoms with Gasteiger partial charge in [0.15, 0.2) is 6.04 Å². The molecule has 1 atom stereocenters. The van der Waals surface area contributed by atoms with Gasteiger partial charge in [0.25, 0.3) is 5.91 Å². The van der Waals surface area contributed by atoms with Crippen LogP contribution >= 0.6 is 0 Å². The predicted molar refractivity (Wildman–Crippen MR) is 67.1 cm³/mol. The summed E-state index contributed by atoms with van der Waals surface area (Å²) in [6.45, 7) is 7.83. The van der Waals surface area contributed by atoms with Gasteiger partial charge in [0.05, 0.1) is 19.6 Å². The lowest BCUT2D eigenvalue weighted by atomic mass is 10.1. The highest BCUT2D eigenvalue weighted by Gasteiger charge is 2.38. The smallest absolute Gasteiger partial charge is 0.278 e. The highest BCUT2D eigenvalue weighted by Crippen LogP contribution is 2.24. The van der Waals surface area contributed by atoms with E-state index >= 15 is 0 Å². The zero-order chi connectivity index (χ0) is 12.0. The van der Waals surface area contributed by atoms with Crippen LogP contribution in [0.5, 0.6) is 0 Å². The maximum absolute atomic E-state index is 12.0. The molecule has 1 heterocycles. The lowest BCUT2D eigenvalue weighted by Gasteiger charge is -2.42. The van der Waals surface area contributed by atoms with E-state index in [1.54, 1.807) is 7.05 Å². The van der Waals surface area contributed by atoms with Gasteiger partial charge in [0, 0.05) is 13.5 Å². The molecule has 1 aliphatic rings. The second kappa shape index (κ2) is 6.24. The van der Waals surface area contributed by atoms with Crippen molar-refractivity contribution < 1.29 is 9.28 Å². The van der Waals surface area contributed by atoms with Gasteiger partial charge in [0.1, 0.15) is 0 Å². The zero-order valence-electron chi connectivity index (χ0n) is 11.1. The van der Waals surface area contributed by atoms with E-state index in [1.165, 1.54) is 38.8 Å². The number of hydrogen-bond acceptors (Lipinski definition) is 1. The van der Waals surface area contributed by atoms with Crippen LogP contribution in [0.15, 0.2) is 0 Å². The summed E-state index contributed by atoms with van der Waals surface area (Å²) in [6.07, 6.45) is 6.19. The molecule has 1 N–H and O–H groups in total. The fraction of sp³-hybridized carbons (Fsp3) is 0.923. The third-order valence-electron chi connectivity index (χ3n) is 4.18. The molecule has 1 saturated heterocycles. The van der Waals surface area contributed by atoms with Crippen LogP contribution < -0.4 is 5.32 Å². The molecule has 1 fully saturated rings. The van der Waals surface area contributed by atoms with E-state index in [-0.39, 0.29) is 11.9 Å². The molecule has 0 aromatic heterocycles. The van der Waals surface area contributed by atoms with E-state index in [2.05, 4.69) is 19.2 Å². The van der Waals surface area contributed by atoms with Gasteiger partial charge in [-0.15, -0.1) is 0 Å². The number of likely N-dealkylation sites (N-methyl/N-ethyl adjacent to an activating group) is 2. The average Bonchev–Trinajstić information content (AvgIpc) is 2.56. The number of likely N-dealkylation sites (tertiary alicyclic amines) is 1. The Labute approximate surface area is 99.8 Å². The Bertz CT molecular complexity index is 220. The Kier molecular flexibility index (Phi) is 5.26. The summed E-state index contributed by atoms with van der Waals surface area (Å²) < 4.78 is 1.01. The van der Waals surface area contributed by atoms with E-state index in [1.807, 2.05) is 0 Å². The van der Waals surface area contributed by atoms with Crippen LogP contribution in [-0.2, 0) is 4.79 Å². The minimum absolute atomic E-state index is 0.160. The molecule has 1 rings (SSSR count). The average molecular weight is 227 g/mol. The van der Waals surface area contributed by atoms with Crippen molar-refractivity contribution >= 4 is 5.91 Å². The first kappa shape index (κ1) is 13.5. The van der Waals surface area contributed by atoms with Crippen molar-refractivity contribution in [2.24, 2.45) is 0 Å². The molecular weight excluding hydrogens is 200 g/mol. The molecule has 3 heteroatoms. The molecule has 0 aromatic rings. The van der Waals surface area contributed by atoms with Crippen molar-refractivity contribution in [3.63, 3.8) is 0 Å². The summed E-state index contributed by atoms with van der Waals surface area (Å²) in [4.78, 5) is 12.0. The van der Waals surface area contributed by atoms with Crippen molar-refractivity contribution in [2.45, 2.75) is 52.0 Å². The highest BCUT2D eigenvalue weighted by atomic mass is 16.2. The first-order chi connectivity index (χ1) is 7.70. The van der Waals surface area contributed by atoms with Gasteiger partial charge in [-0.1, -0.05) is 6.92 Å². The van der Waals surface area contributed by atoms with E-state index < -0.39 is 0 Å². The summed E-state index contributed by atoms with van der Waals surface area (Å²) in [7, 11) is 1.76. The molecule has 3 nitrogen and oxygen atoms in total. The maximum Gasteiger partial charge on any atom is 0.278 e. The van der Waals surface area contributed by atoms with Gasteiger partial charge >= 0.3 is 0 Å². The maximum atomic E-state index is 12.0. The molecule has 0 bridgehead atoms. The number of nitrogens with zero attached hydrogens (tertiary/aromatic N) is 1. The Morgan fingerprint density at radius 2 is 1.75 bits per heavy atom. The quantitative estimate of drug-likeness (QED) is 0.731. The van der Waals surface area contributed by atoms with Crippen LogP contribution in [-0.4, -0.2) is 43.1 Å². The number of carbonyl (C=O) groups excluding carboxylic acids is 1. The topological polar surface area (TPSA) is 29.1 Å². The van der Waals surface area contributed by atoms with Crippen molar-refractivity contribution in [1.82, 2.24) is 5.32 Å². The van der Waals surface area contributed by atoms with Crippen molar-refractivity contribution in [2.75, 3.05) is 26.7 Å². The van der Waals surface area contributed by atoms with Crippen LogP contribution in [0, 0.1) is 0 Å². The van der Waals surface area contributed by atoms with Crippen LogP contribution in [0.3, 0.4) is 0 Å². The molecule has 16 heavy (non-hydrogen) atoms. The predicted octanol–water partition coefficient (Wildman–Crippen LogP) is 1.92. The van der Waals surface area contributed by atoms with Crippen molar-refractivity contribution in [3.8, 4) is 0 Å². The molecule has 0 aromatic carbocycles.